The smallest absolute Gasteiger partial charge is 0.303 e. The molecule has 0 fully saturated rings. The minimum Gasteiger partial charge on any atom is -0.481 e. The number of aliphatic carboxylic acids is 1. The first-order chi connectivity index (χ1) is 15.8. The molecule has 2 rings (SSSR count). The van der Waals surface area contributed by atoms with Crippen LogP contribution in [0, 0.1) is 0 Å². The second kappa shape index (κ2) is 14.1. The van der Waals surface area contributed by atoms with Crippen LogP contribution in [0.3, 0.4) is 0 Å². The Morgan fingerprint density at radius 3 is 2.33 bits per heavy atom. The predicted octanol–water partition coefficient (Wildman–Crippen LogP) is 5.20. The van der Waals surface area contributed by atoms with E-state index in [-0.39, 0.29) is 11.3 Å². The van der Waals surface area contributed by atoms with Crippen molar-refractivity contribution in [3.8, 4) is 0 Å². The quantitative estimate of drug-likeness (QED) is 0.289. The summed E-state index contributed by atoms with van der Waals surface area (Å²) in [6.07, 6.45) is 6.99. The van der Waals surface area contributed by atoms with E-state index in [4.69, 9.17) is 5.11 Å². The lowest BCUT2D eigenvalue weighted by Crippen LogP contribution is -2.25. The van der Waals surface area contributed by atoms with Gasteiger partial charge in [0.15, 0.2) is 0 Å². The van der Waals surface area contributed by atoms with Gasteiger partial charge in [0, 0.05) is 13.0 Å². The molecule has 0 spiro atoms. The number of benzene rings is 2. The molecule has 0 aliphatic carbocycles. The van der Waals surface area contributed by atoms with Gasteiger partial charge in [-0.15, -0.1) is 0 Å². The van der Waals surface area contributed by atoms with E-state index >= 15 is 0 Å². The van der Waals surface area contributed by atoms with Gasteiger partial charge in [0.2, 0.25) is 10.0 Å². The molecular weight excluding hydrogens is 438 g/mol. The van der Waals surface area contributed by atoms with Gasteiger partial charge in [0.25, 0.3) is 0 Å². The number of rotatable bonds is 16. The molecule has 2 aromatic rings. The number of nitrogens with one attached hydrogen (secondary N) is 1. The number of hydrogen-bond acceptors (Lipinski definition) is 4. The lowest BCUT2D eigenvalue weighted by atomic mass is 9.99. The van der Waals surface area contributed by atoms with Gasteiger partial charge >= 0.3 is 5.97 Å². The third-order valence-corrected chi connectivity index (χ3v) is 7.27. The zero-order valence-corrected chi connectivity index (χ0v) is 20.3. The molecule has 6 nitrogen and oxygen atoms in total. The summed E-state index contributed by atoms with van der Waals surface area (Å²) in [7, 11) is -3.64. The number of carboxylic acids is 1. The van der Waals surface area contributed by atoms with Crippen molar-refractivity contribution in [3.05, 3.63) is 65.2 Å². The van der Waals surface area contributed by atoms with Crippen LogP contribution in [0.2, 0.25) is 0 Å². The fourth-order valence-electron chi connectivity index (χ4n) is 3.78. The van der Waals surface area contributed by atoms with E-state index in [0.717, 1.165) is 55.2 Å². The van der Waals surface area contributed by atoms with Gasteiger partial charge in [0.05, 0.1) is 11.0 Å². The van der Waals surface area contributed by atoms with E-state index < -0.39 is 22.1 Å². The molecule has 0 aromatic heterocycles. The molecular formula is C26H37NO5S. The second-order valence-electron chi connectivity index (χ2n) is 8.49. The van der Waals surface area contributed by atoms with E-state index in [9.17, 15) is 18.3 Å². The summed E-state index contributed by atoms with van der Waals surface area (Å²) >= 11 is 0. The first kappa shape index (κ1) is 27.0. The molecule has 0 saturated carbocycles. The average Bonchev–Trinajstić information content (AvgIpc) is 2.79. The lowest BCUT2D eigenvalue weighted by Gasteiger charge is -2.13. The van der Waals surface area contributed by atoms with Crippen LogP contribution in [0.5, 0.6) is 0 Å². The molecule has 1 unspecified atom stereocenters. The summed E-state index contributed by atoms with van der Waals surface area (Å²) in [4.78, 5) is 10.8. The second-order valence-corrected chi connectivity index (χ2v) is 10.2. The SMILES string of the molecule is CCCCCC(O)c1ccc(Cc2ccccc2S(=O)(=O)NCCCCCCC(=O)O)cc1. The number of aliphatic hydroxyl groups excluding tert-OH is 1. The van der Waals surface area contributed by atoms with Gasteiger partial charge in [-0.3, -0.25) is 4.79 Å². The highest BCUT2D eigenvalue weighted by molar-refractivity contribution is 7.89. The number of hydrogen-bond donors (Lipinski definition) is 3. The Hall–Kier alpha value is -2.22. The van der Waals surface area contributed by atoms with Crippen LogP contribution in [0.25, 0.3) is 0 Å². The van der Waals surface area contributed by atoms with Crippen molar-refractivity contribution < 1.29 is 23.4 Å². The molecule has 0 saturated heterocycles. The lowest BCUT2D eigenvalue weighted by molar-refractivity contribution is -0.137. The van der Waals surface area contributed by atoms with E-state index in [1.165, 1.54) is 0 Å². The highest BCUT2D eigenvalue weighted by Crippen LogP contribution is 2.23. The topological polar surface area (TPSA) is 104 Å². The van der Waals surface area contributed by atoms with Gasteiger partial charge < -0.3 is 10.2 Å². The largest absolute Gasteiger partial charge is 0.481 e. The molecule has 0 heterocycles. The number of sulfonamides is 1. The Morgan fingerprint density at radius 2 is 1.64 bits per heavy atom. The first-order valence-corrected chi connectivity index (χ1v) is 13.4. The standard InChI is InChI=1S/C26H37NO5S/c1-2-3-6-12-24(28)22-17-15-21(16-18-22)20-23-11-8-9-13-25(23)33(31,32)27-19-10-5-4-7-14-26(29)30/h8-9,11,13,15-18,24,27-28H,2-7,10,12,14,19-20H2,1H3,(H,29,30). The Labute approximate surface area is 198 Å². The van der Waals surface area contributed by atoms with E-state index in [1.54, 1.807) is 12.1 Å². The zero-order chi connectivity index (χ0) is 24.1. The molecule has 33 heavy (non-hydrogen) atoms. The minimum atomic E-state index is -3.64. The van der Waals surface area contributed by atoms with Gasteiger partial charge in [0.1, 0.15) is 0 Å². The van der Waals surface area contributed by atoms with E-state index in [0.29, 0.717) is 25.8 Å². The molecule has 1 atom stereocenters. The van der Waals surface area contributed by atoms with Crippen LogP contribution >= 0.6 is 0 Å². The molecule has 0 aliphatic rings. The normalized spacial score (nSPS) is 12.5. The van der Waals surface area contributed by atoms with Gasteiger partial charge in [-0.05, 0) is 48.4 Å². The molecule has 0 aliphatic heterocycles. The van der Waals surface area contributed by atoms with E-state index in [2.05, 4.69) is 11.6 Å². The van der Waals surface area contributed by atoms with Crippen LogP contribution in [-0.2, 0) is 21.2 Å². The summed E-state index contributed by atoms with van der Waals surface area (Å²) in [5, 5.41) is 19.0. The Bertz CT molecular complexity index is 957. The summed E-state index contributed by atoms with van der Waals surface area (Å²) in [5.41, 5.74) is 2.60. The van der Waals surface area contributed by atoms with Crippen molar-refractivity contribution in [2.45, 2.75) is 82.1 Å². The van der Waals surface area contributed by atoms with Gasteiger partial charge in [-0.2, -0.15) is 0 Å². The average molecular weight is 476 g/mol. The summed E-state index contributed by atoms with van der Waals surface area (Å²) in [5.74, 6) is -0.801. The minimum absolute atomic E-state index is 0.151. The van der Waals surface area contributed by atoms with Gasteiger partial charge in [-0.25, -0.2) is 13.1 Å². The summed E-state index contributed by atoms with van der Waals surface area (Å²) < 4.78 is 28.4. The highest BCUT2D eigenvalue weighted by atomic mass is 32.2. The van der Waals surface area contributed by atoms with Crippen molar-refractivity contribution >= 4 is 16.0 Å². The molecule has 7 heteroatoms. The number of carbonyl (C=O) groups is 1. The van der Waals surface area contributed by atoms with Crippen LogP contribution in [-0.4, -0.2) is 31.1 Å². The Kier molecular flexibility index (Phi) is 11.6. The Balaban J connectivity index is 1.94. The molecule has 182 valence electrons. The maximum atomic E-state index is 12.9. The highest BCUT2D eigenvalue weighted by Gasteiger charge is 2.18. The molecule has 2 aromatic carbocycles. The maximum absolute atomic E-state index is 12.9. The van der Waals surface area contributed by atoms with Crippen LogP contribution in [0.15, 0.2) is 53.4 Å². The molecule has 3 N–H and O–H groups in total. The van der Waals surface area contributed by atoms with Crippen LogP contribution < -0.4 is 4.72 Å². The third kappa shape index (κ3) is 9.66. The molecule has 0 bridgehead atoms. The fraction of sp³-hybridized carbons (Fsp3) is 0.500. The number of aliphatic hydroxyl groups is 1. The first-order valence-electron chi connectivity index (χ1n) is 11.9. The Morgan fingerprint density at radius 1 is 0.939 bits per heavy atom. The molecule has 0 amide bonds. The van der Waals surface area contributed by atoms with E-state index in [1.807, 2.05) is 36.4 Å². The van der Waals surface area contributed by atoms with Crippen LogP contribution in [0.4, 0.5) is 0 Å². The number of unbranched alkanes of at least 4 members (excludes halogenated alkanes) is 5. The number of carboxylic acid groups (broad SMARTS) is 1. The summed E-state index contributed by atoms with van der Waals surface area (Å²) in [6.45, 7) is 2.47. The third-order valence-electron chi connectivity index (χ3n) is 5.71. The van der Waals surface area contributed by atoms with Crippen LogP contribution in [0.1, 0.15) is 87.5 Å². The van der Waals surface area contributed by atoms with Crippen molar-refractivity contribution in [1.29, 1.82) is 0 Å². The fourth-order valence-corrected chi connectivity index (χ4v) is 5.09. The zero-order valence-electron chi connectivity index (χ0n) is 19.5. The van der Waals surface area contributed by atoms with Crippen molar-refractivity contribution in [1.82, 2.24) is 4.72 Å². The van der Waals surface area contributed by atoms with Crippen molar-refractivity contribution in [3.63, 3.8) is 0 Å². The predicted molar refractivity (Wildman–Crippen MR) is 131 cm³/mol. The molecule has 0 radical (unpaired) electrons. The van der Waals surface area contributed by atoms with Crippen molar-refractivity contribution in [2.75, 3.05) is 6.54 Å². The maximum Gasteiger partial charge on any atom is 0.303 e. The monoisotopic (exact) mass is 475 g/mol. The van der Waals surface area contributed by atoms with Gasteiger partial charge in [-0.1, -0.05) is 81.5 Å². The van der Waals surface area contributed by atoms with Crippen molar-refractivity contribution in [2.24, 2.45) is 0 Å². The summed E-state index contributed by atoms with van der Waals surface area (Å²) in [6, 6.07) is 14.8.